The van der Waals surface area contributed by atoms with Gasteiger partial charge in [0, 0.05) is 5.56 Å². The normalized spacial score (nSPS) is 11.4. The van der Waals surface area contributed by atoms with Gasteiger partial charge in [-0.1, -0.05) is 72.8 Å². The highest BCUT2D eigenvalue weighted by molar-refractivity contribution is 7.21. The second-order valence-corrected chi connectivity index (χ2v) is 8.36. The molecule has 0 saturated carbocycles. The zero-order valence-corrected chi connectivity index (χ0v) is 16.5. The molecule has 6 aromatic rings. The van der Waals surface area contributed by atoms with Gasteiger partial charge in [-0.25, -0.2) is 4.98 Å². The van der Waals surface area contributed by atoms with Crippen LogP contribution in [0.2, 0.25) is 0 Å². The van der Waals surface area contributed by atoms with Gasteiger partial charge >= 0.3 is 0 Å². The minimum absolute atomic E-state index is 1.07. The molecular weight excluding hydrogens is 370 g/mol. The van der Waals surface area contributed by atoms with Gasteiger partial charge in [0.1, 0.15) is 5.01 Å². The number of thiazole rings is 1. The van der Waals surface area contributed by atoms with E-state index in [1.165, 1.54) is 42.9 Å². The SMILES string of the molecule is c1ccc2cc(-c3ccc4cc(-c5nc6ccccc6s5)ccc4c3)ccc2c1. The van der Waals surface area contributed by atoms with Crippen molar-refractivity contribution in [3.8, 4) is 21.7 Å². The molecule has 0 spiro atoms. The highest BCUT2D eigenvalue weighted by atomic mass is 32.1. The van der Waals surface area contributed by atoms with Crippen LogP contribution in [-0.4, -0.2) is 4.98 Å². The van der Waals surface area contributed by atoms with Crippen LogP contribution in [0, 0.1) is 0 Å². The Labute approximate surface area is 172 Å². The molecule has 1 nitrogen and oxygen atoms in total. The Morgan fingerprint density at radius 3 is 1.79 bits per heavy atom. The van der Waals surface area contributed by atoms with Crippen LogP contribution in [0.15, 0.2) is 103 Å². The number of fused-ring (bicyclic) bond motifs is 3. The quantitative estimate of drug-likeness (QED) is 0.294. The van der Waals surface area contributed by atoms with Crippen LogP contribution < -0.4 is 0 Å². The van der Waals surface area contributed by atoms with Crippen molar-refractivity contribution in [3.05, 3.63) is 103 Å². The molecule has 0 saturated heterocycles. The van der Waals surface area contributed by atoms with Gasteiger partial charge in [0.25, 0.3) is 0 Å². The summed E-state index contributed by atoms with van der Waals surface area (Å²) in [5.41, 5.74) is 4.74. The summed E-state index contributed by atoms with van der Waals surface area (Å²) in [5, 5.41) is 6.12. The lowest BCUT2D eigenvalue weighted by molar-refractivity contribution is 1.48. The van der Waals surface area contributed by atoms with Gasteiger partial charge in [-0.3, -0.25) is 0 Å². The first kappa shape index (κ1) is 16.5. The smallest absolute Gasteiger partial charge is 0.124 e. The van der Waals surface area contributed by atoms with Gasteiger partial charge in [-0.15, -0.1) is 11.3 Å². The molecule has 5 aromatic carbocycles. The third-order valence-corrected chi connectivity index (χ3v) is 6.55. The summed E-state index contributed by atoms with van der Waals surface area (Å²) in [4.78, 5) is 4.80. The molecule has 136 valence electrons. The number of hydrogen-bond acceptors (Lipinski definition) is 2. The van der Waals surface area contributed by atoms with Crippen LogP contribution in [-0.2, 0) is 0 Å². The number of para-hydroxylation sites is 1. The van der Waals surface area contributed by atoms with E-state index in [1.54, 1.807) is 11.3 Å². The summed E-state index contributed by atoms with van der Waals surface area (Å²) in [6.45, 7) is 0. The minimum atomic E-state index is 1.07. The van der Waals surface area contributed by atoms with Crippen molar-refractivity contribution in [2.45, 2.75) is 0 Å². The zero-order chi connectivity index (χ0) is 19.2. The van der Waals surface area contributed by atoms with E-state index in [4.69, 9.17) is 4.98 Å². The monoisotopic (exact) mass is 387 g/mol. The van der Waals surface area contributed by atoms with Gasteiger partial charge in [-0.05, 0) is 63.0 Å². The maximum Gasteiger partial charge on any atom is 0.124 e. The van der Waals surface area contributed by atoms with E-state index >= 15 is 0 Å². The summed E-state index contributed by atoms with van der Waals surface area (Å²) in [5.74, 6) is 0. The molecule has 0 aliphatic heterocycles. The first-order chi connectivity index (χ1) is 14.3. The lowest BCUT2D eigenvalue weighted by Gasteiger charge is -2.07. The van der Waals surface area contributed by atoms with E-state index in [-0.39, 0.29) is 0 Å². The first-order valence-electron chi connectivity index (χ1n) is 9.72. The van der Waals surface area contributed by atoms with Crippen molar-refractivity contribution in [2.24, 2.45) is 0 Å². The van der Waals surface area contributed by atoms with E-state index in [0.717, 1.165) is 10.5 Å². The highest BCUT2D eigenvalue weighted by Gasteiger charge is 2.08. The van der Waals surface area contributed by atoms with Crippen molar-refractivity contribution in [2.75, 3.05) is 0 Å². The van der Waals surface area contributed by atoms with E-state index in [1.807, 2.05) is 6.07 Å². The van der Waals surface area contributed by atoms with Crippen LogP contribution in [0.4, 0.5) is 0 Å². The third kappa shape index (κ3) is 2.89. The molecule has 0 aliphatic rings. The largest absolute Gasteiger partial charge is 0.236 e. The molecule has 0 N–H and O–H groups in total. The Hall–Kier alpha value is -3.49. The van der Waals surface area contributed by atoms with Gasteiger partial charge < -0.3 is 0 Å². The molecule has 6 rings (SSSR count). The lowest BCUT2D eigenvalue weighted by atomic mass is 9.98. The second-order valence-electron chi connectivity index (χ2n) is 7.33. The molecule has 29 heavy (non-hydrogen) atoms. The fourth-order valence-corrected chi connectivity index (χ4v) is 4.88. The van der Waals surface area contributed by atoms with Crippen LogP contribution in [0.5, 0.6) is 0 Å². The maximum atomic E-state index is 4.80. The van der Waals surface area contributed by atoms with Crippen LogP contribution >= 0.6 is 11.3 Å². The van der Waals surface area contributed by atoms with Gasteiger partial charge in [0.05, 0.1) is 10.2 Å². The molecule has 0 aliphatic carbocycles. The van der Waals surface area contributed by atoms with E-state index in [2.05, 4.69) is 97.1 Å². The Morgan fingerprint density at radius 2 is 1.03 bits per heavy atom. The molecule has 0 fully saturated rings. The summed E-state index contributed by atoms with van der Waals surface area (Å²) in [6, 6.07) is 36.9. The number of nitrogens with zero attached hydrogens (tertiary/aromatic N) is 1. The summed E-state index contributed by atoms with van der Waals surface area (Å²) in [6.07, 6.45) is 0. The van der Waals surface area contributed by atoms with Crippen LogP contribution in [0.3, 0.4) is 0 Å². The molecule has 0 radical (unpaired) electrons. The maximum absolute atomic E-state index is 4.80. The summed E-state index contributed by atoms with van der Waals surface area (Å²) in [7, 11) is 0. The Bertz CT molecular complexity index is 1480. The second kappa shape index (κ2) is 6.54. The Kier molecular flexibility index (Phi) is 3.71. The molecule has 1 aromatic heterocycles. The standard InChI is InChI=1S/C27H17NS/c1-2-6-19-15-20(10-9-18(19)5-1)21-11-12-23-17-24(14-13-22(23)16-21)27-28-25-7-3-4-8-26(25)29-27/h1-17H. The van der Waals surface area contributed by atoms with Crippen molar-refractivity contribution >= 4 is 43.1 Å². The van der Waals surface area contributed by atoms with Crippen molar-refractivity contribution in [3.63, 3.8) is 0 Å². The van der Waals surface area contributed by atoms with E-state index < -0.39 is 0 Å². The average Bonchev–Trinajstić information content (AvgIpc) is 3.22. The van der Waals surface area contributed by atoms with Crippen molar-refractivity contribution in [1.29, 1.82) is 0 Å². The van der Waals surface area contributed by atoms with E-state index in [9.17, 15) is 0 Å². The summed E-state index contributed by atoms with van der Waals surface area (Å²) < 4.78 is 1.23. The fraction of sp³-hybridized carbons (Fsp3) is 0. The van der Waals surface area contributed by atoms with Gasteiger partial charge in [-0.2, -0.15) is 0 Å². The fourth-order valence-electron chi connectivity index (χ4n) is 3.92. The zero-order valence-electron chi connectivity index (χ0n) is 15.7. The Morgan fingerprint density at radius 1 is 0.483 bits per heavy atom. The highest BCUT2D eigenvalue weighted by Crippen LogP contribution is 2.33. The van der Waals surface area contributed by atoms with Crippen LogP contribution in [0.1, 0.15) is 0 Å². The molecular formula is C27H17NS. The van der Waals surface area contributed by atoms with Gasteiger partial charge in [0.2, 0.25) is 0 Å². The lowest BCUT2D eigenvalue weighted by Crippen LogP contribution is -1.82. The van der Waals surface area contributed by atoms with E-state index in [0.29, 0.717) is 0 Å². The third-order valence-electron chi connectivity index (χ3n) is 5.46. The predicted octanol–water partition coefficient (Wildman–Crippen LogP) is 7.94. The number of hydrogen-bond donors (Lipinski definition) is 0. The Balaban J connectivity index is 1.42. The molecule has 0 bridgehead atoms. The number of benzene rings is 5. The van der Waals surface area contributed by atoms with Gasteiger partial charge in [0.15, 0.2) is 0 Å². The van der Waals surface area contributed by atoms with Crippen molar-refractivity contribution < 1.29 is 0 Å². The van der Waals surface area contributed by atoms with Crippen LogP contribution in [0.25, 0.3) is 53.5 Å². The molecule has 0 atom stereocenters. The molecule has 0 unspecified atom stereocenters. The average molecular weight is 388 g/mol. The molecule has 2 heteroatoms. The van der Waals surface area contributed by atoms with Crippen molar-refractivity contribution in [1.82, 2.24) is 4.98 Å². The first-order valence-corrected chi connectivity index (χ1v) is 10.5. The number of aromatic nitrogens is 1. The molecule has 1 heterocycles. The molecule has 0 amide bonds. The predicted molar refractivity (Wildman–Crippen MR) is 126 cm³/mol. The minimum Gasteiger partial charge on any atom is -0.236 e. The summed E-state index contributed by atoms with van der Waals surface area (Å²) >= 11 is 1.75. The number of rotatable bonds is 2. The topological polar surface area (TPSA) is 12.9 Å².